The van der Waals surface area contributed by atoms with Crippen LogP contribution in [0.1, 0.15) is 18.7 Å². The first kappa shape index (κ1) is 20.1. The number of carbonyl (C=O) groups excluding carboxylic acids is 1. The summed E-state index contributed by atoms with van der Waals surface area (Å²) in [5.74, 6) is 2.44. The van der Waals surface area contributed by atoms with Crippen molar-refractivity contribution in [3.8, 4) is 10.7 Å². The SMILES string of the molecule is O=C(NCCSc1ccccc1)C1CCN(Cc2nc(-c3cccs3)no2)CC1. The van der Waals surface area contributed by atoms with Crippen LogP contribution in [0.15, 0.2) is 57.3 Å². The van der Waals surface area contributed by atoms with Crippen LogP contribution in [0.5, 0.6) is 0 Å². The molecule has 0 unspecified atom stereocenters. The molecular weight excluding hydrogens is 404 g/mol. The van der Waals surface area contributed by atoms with Crippen molar-refractivity contribution >= 4 is 29.0 Å². The van der Waals surface area contributed by atoms with Crippen molar-refractivity contribution in [2.75, 3.05) is 25.4 Å². The molecule has 1 fully saturated rings. The first-order valence-electron chi connectivity index (χ1n) is 9.82. The van der Waals surface area contributed by atoms with Gasteiger partial charge in [0.1, 0.15) is 0 Å². The molecule has 0 aliphatic carbocycles. The summed E-state index contributed by atoms with van der Waals surface area (Å²) in [4.78, 5) is 21.4. The van der Waals surface area contributed by atoms with E-state index in [0.29, 0.717) is 24.8 Å². The smallest absolute Gasteiger partial charge is 0.241 e. The highest BCUT2D eigenvalue weighted by atomic mass is 32.2. The molecule has 4 rings (SSSR count). The second-order valence-electron chi connectivity index (χ2n) is 6.99. The Labute approximate surface area is 178 Å². The molecule has 0 bridgehead atoms. The normalized spacial score (nSPS) is 15.4. The number of benzene rings is 1. The summed E-state index contributed by atoms with van der Waals surface area (Å²) in [5.41, 5.74) is 0. The maximum absolute atomic E-state index is 12.4. The Morgan fingerprint density at radius 1 is 1.21 bits per heavy atom. The number of aromatic nitrogens is 2. The number of hydrogen-bond donors (Lipinski definition) is 1. The van der Waals surface area contributed by atoms with Crippen LogP contribution in [0, 0.1) is 5.92 Å². The van der Waals surface area contributed by atoms with Gasteiger partial charge in [-0.2, -0.15) is 4.98 Å². The highest BCUT2D eigenvalue weighted by Crippen LogP contribution is 2.23. The molecule has 1 aromatic carbocycles. The van der Waals surface area contributed by atoms with Gasteiger partial charge in [0, 0.05) is 23.1 Å². The molecule has 29 heavy (non-hydrogen) atoms. The number of nitrogens with one attached hydrogen (secondary N) is 1. The summed E-state index contributed by atoms with van der Waals surface area (Å²) in [5, 5.41) is 9.15. The molecule has 2 aromatic heterocycles. The first-order valence-corrected chi connectivity index (χ1v) is 11.7. The Morgan fingerprint density at radius 2 is 2.03 bits per heavy atom. The Balaban J connectivity index is 1.16. The number of nitrogens with zero attached hydrogens (tertiary/aromatic N) is 3. The molecule has 0 radical (unpaired) electrons. The number of thioether (sulfide) groups is 1. The summed E-state index contributed by atoms with van der Waals surface area (Å²) in [6.45, 7) is 3.08. The molecule has 0 spiro atoms. The van der Waals surface area contributed by atoms with Crippen molar-refractivity contribution < 1.29 is 9.32 Å². The fourth-order valence-corrected chi connectivity index (χ4v) is 4.81. The molecule has 1 N–H and O–H groups in total. The lowest BCUT2D eigenvalue weighted by Crippen LogP contribution is -2.40. The van der Waals surface area contributed by atoms with Gasteiger partial charge in [-0.3, -0.25) is 9.69 Å². The third-order valence-corrected chi connectivity index (χ3v) is 6.82. The van der Waals surface area contributed by atoms with Gasteiger partial charge in [0.15, 0.2) is 0 Å². The van der Waals surface area contributed by atoms with E-state index in [1.165, 1.54) is 4.90 Å². The minimum atomic E-state index is 0.0948. The maximum atomic E-state index is 12.4. The lowest BCUT2D eigenvalue weighted by atomic mass is 9.96. The predicted molar refractivity (Wildman–Crippen MR) is 116 cm³/mol. The van der Waals surface area contributed by atoms with Crippen molar-refractivity contribution in [2.24, 2.45) is 5.92 Å². The van der Waals surface area contributed by atoms with Gasteiger partial charge in [0.25, 0.3) is 0 Å². The molecule has 1 saturated heterocycles. The van der Waals surface area contributed by atoms with E-state index in [9.17, 15) is 4.79 Å². The van der Waals surface area contributed by atoms with Gasteiger partial charge >= 0.3 is 0 Å². The molecule has 8 heteroatoms. The minimum Gasteiger partial charge on any atom is -0.355 e. The predicted octanol–water partition coefficient (Wildman–Crippen LogP) is 3.92. The molecule has 0 atom stereocenters. The summed E-state index contributed by atoms with van der Waals surface area (Å²) in [6.07, 6.45) is 1.73. The molecule has 152 valence electrons. The molecule has 6 nitrogen and oxygen atoms in total. The van der Waals surface area contributed by atoms with Crippen LogP contribution in [0.3, 0.4) is 0 Å². The van der Waals surface area contributed by atoms with Gasteiger partial charge in [-0.15, -0.1) is 23.1 Å². The number of likely N-dealkylation sites (tertiary alicyclic amines) is 1. The number of carbonyl (C=O) groups is 1. The van der Waals surface area contributed by atoms with Gasteiger partial charge in [-0.05, 0) is 49.5 Å². The average molecular weight is 429 g/mol. The van der Waals surface area contributed by atoms with Gasteiger partial charge in [-0.25, -0.2) is 0 Å². The number of piperidine rings is 1. The lowest BCUT2D eigenvalue weighted by molar-refractivity contribution is -0.126. The van der Waals surface area contributed by atoms with E-state index in [-0.39, 0.29) is 11.8 Å². The minimum absolute atomic E-state index is 0.0948. The fourth-order valence-electron chi connectivity index (χ4n) is 3.37. The lowest BCUT2D eigenvalue weighted by Gasteiger charge is -2.30. The van der Waals surface area contributed by atoms with Crippen molar-refractivity contribution in [1.29, 1.82) is 0 Å². The number of thiophene rings is 1. The number of amides is 1. The zero-order chi connectivity index (χ0) is 19.9. The van der Waals surface area contributed by atoms with Crippen LogP contribution >= 0.6 is 23.1 Å². The van der Waals surface area contributed by atoms with E-state index in [4.69, 9.17) is 4.52 Å². The fraction of sp³-hybridized carbons (Fsp3) is 0.381. The van der Waals surface area contributed by atoms with Crippen LogP contribution in [-0.4, -0.2) is 46.3 Å². The van der Waals surface area contributed by atoms with E-state index in [2.05, 4.69) is 32.5 Å². The molecule has 1 amide bonds. The van der Waals surface area contributed by atoms with Crippen LogP contribution < -0.4 is 5.32 Å². The van der Waals surface area contributed by atoms with E-state index >= 15 is 0 Å². The van der Waals surface area contributed by atoms with Crippen LogP contribution in [0.4, 0.5) is 0 Å². The maximum Gasteiger partial charge on any atom is 0.241 e. The van der Waals surface area contributed by atoms with Gasteiger partial charge in [0.2, 0.25) is 17.6 Å². The summed E-state index contributed by atoms with van der Waals surface area (Å²) >= 11 is 3.37. The van der Waals surface area contributed by atoms with Crippen molar-refractivity contribution in [3.63, 3.8) is 0 Å². The van der Waals surface area contributed by atoms with Gasteiger partial charge < -0.3 is 9.84 Å². The standard InChI is InChI=1S/C21H24N4O2S2/c26-21(22-10-14-28-17-5-2-1-3-6-17)16-8-11-25(12-9-16)15-19-23-20(24-27-19)18-7-4-13-29-18/h1-7,13,16H,8-12,14-15H2,(H,22,26). The summed E-state index contributed by atoms with van der Waals surface area (Å²) < 4.78 is 5.39. The van der Waals surface area contributed by atoms with Crippen LogP contribution in [0.25, 0.3) is 10.7 Å². The third kappa shape index (κ3) is 5.68. The second kappa shape index (κ2) is 10.0. The largest absolute Gasteiger partial charge is 0.355 e. The van der Waals surface area contributed by atoms with Gasteiger partial charge in [-0.1, -0.05) is 29.4 Å². The average Bonchev–Trinajstić information content (AvgIpc) is 3.44. The highest BCUT2D eigenvalue weighted by Gasteiger charge is 2.25. The molecule has 3 heterocycles. The first-order chi connectivity index (χ1) is 14.3. The van der Waals surface area contributed by atoms with E-state index in [1.807, 2.05) is 35.7 Å². The highest BCUT2D eigenvalue weighted by molar-refractivity contribution is 7.99. The monoisotopic (exact) mass is 428 g/mol. The second-order valence-corrected chi connectivity index (χ2v) is 9.11. The zero-order valence-electron chi connectivity index (χ0n) is 16.1. The van der Waals surface area contributed by atoms with Crippen molar-refractivity contribution in [1.82, 2.24) is 20.4 Å². The Bertz CT molecular complexity index is 891. The van der Waals surface area contributed by atoms with E-state index < -0.39 is 0 Å². The Kier molecular flexibility index (Phi) is 6.97. The number of hydrogen-bond acceptors (Lipinski definition) is 7. The molecule has 3 aromatic rings. The van der Waals surface area contributed by atoms with E-state index in [1.54, 1.807) is 23.1 Å². The van der Waals surface area contributed by atoms with Gasteiger partial charge in [0.05, 0.1) is 11.4 Å². The van der Waals surface area contributed by atoms with E-state index in [0.717, 1.165) is 36.6 Å². The third-order valence-electron chi connectivity index (χ3n) is 4.94. The van der Waals surface area contributed by atoms with Crippen molar-refractivity contribution in [2.45, 2.75) is 24.3 Å². The van der Waals surface area contributed by atoms with Crippen LogP contribution in [0.2, 0.25) is 0 Å². The summed E-state index contributed by atoms with van der Waals surface area (Å²) in [6, 6.07) is 14.2. The number of rotatable bonds is 8. The Morgan fingerprint density at radius 3 is 2.79 bits per heavy atom. The zero-order valence-corrected chi connectivity index (χ0v) is 17.8. The summed E-state index contributed by atoms with van der Waals surface area (Å²) in [7, 11) is 0. The topological polar surface area (TPSA) is 71.3 Å². The Hall–Kier alpha value is -2.16. The molecule has 1 aliphatic heterocycles. The van der Waals surface area contributed by atoms with Crippen LogP contribution in [-0.2, 0) is 11.3 Å². The van der Waals surface area contributed by atoms with Crippen molar-refractivity contribution in [3.05, 3.63) is 53.7 Å². The quantitative estimate of drug-likeness (QED) is 0.433. The molecule has 1 aliphatic rings. The molecular formula is C21H24N4O2S2. The molecule has 0 saturated carbocycles.